The number of aromatic amines is 1. The Bertz CT molecular complexity index is 936. The van der Waals surface area contributed by atoms with Crippen molar-refractivity contribution in [2.75, 3.05) is 28.2 Å². The zero-order valence-corrected chi connectivity index (χ0v) is 20.4. The van der Waals surface area contributed by atoms with Crippen LogP contribution >= 0.6 is 24.0 Å². The summed E-state index contributed by atoms with van der Waals surface area (Å²) in [7, 11) is 8.00. The number of H-pyrrole nitrogens is 1. The van der Waals surface area contributed by atoms with Crippen LogP contribution in [0.4, 0.5) is 0 Å². The van der Waals surface area contributed by atoms with E-state index in [4.69, 9.17) is 0 Å². The third kappa shape index (κ3) is 6.56. The van der Waals surface area contributed by atoms with E-state index in [-0.39, 0.29) is 24.0 Å². The summed E-state index contributed by atoms with van der Waals surface area (Å²) in [5.41, 5.74) is 4.75. The van der Waals surface area contributed by atoms with Crippen LogP contribution in [0, 0.1) is 0 Å². The second kappa shape index (κ2) is 11.7. The number of aromatic nitrogens is 2. The lowest BCUT2D eigenvalue weighted by molar-refractivity contribution is 0.400. The van der Waals surface area contributed by atoms with E-state index in [1.54, 1.807) is 0 Å². The van der Waals surface area contributed by atoms with Gasteiger partial charge in [-0.15, -0.1) is 24.0 Å². The molecule has 0 aliphatic heterocycles. The summed E-state index contributed by atoms with van der Waals surface area (Å²) in [6.45, 7) is 2.29. The number of benzene rings is 2. The van der Waals surface area contributed by atoms with Gasteiger partial charge in [-0.3, -0.25) is 4.99 Å². The molecule has 160 valence electrons. The molecule has 0 spiro atoms. The van der Waals surface area contributed by atoms with Gasteiger partial charge >= 0.3 is 0 Å². The molecule has 0 amide bonds. The second-order valence-electron chi connectivity index (χ2n) is 7.37. The van der Waals surface area contributed by atoms with Crippen LogP contribution in [0.1, 0.15) is 17.0 Å². The van der Waals surface area contributed by atoms with E-state index in [1.807, 2.05) is 38.5 Å². The van der Waals surface area contributed by atoms with Gasteiger partial charge < -0.3 is 20.1 Å². The topological polar surface area (TPSA) is 59.6 Å². The Hall–Kier alpha value is -2.39. The number of nitrogens with zero attached hydrogens (tertiary/aromatic N) is 4. The van der Waals surface area contributed by atoms with Crippen molar-refractivity contribution in [1.82, 2.24) is 25.1 Å². The minimum absolute atomic E-state index is 0. The molecule has 0 saturated carbocycles. The highest BCUT2D eigenvalue weighted by Gasteiger charge is 2.11. The molecular formula is C23H31IN6. The van der Waals surface area contributed by atoms with Crippen LogP contribution in [0.25, 0.3) is 11.3 Å². The maximum atomic E-state index is 4.53. The Kier molecular flexibility index (Phi) is 9.32. The number of imidazole rings is 1. The standard InChI is InChI=1S/C23H30N6.HI/c1-24-23(26-14-19-12-8-9-13-20(19)16-28(2)3)29(4)17-22-25-15-21(27-22)18-10-6-5-7-11-18;/h5-13,15H,14,16-17H2,1-4H3,(H,24,26)(H,25,27);1H. The van der Waals surface area contributed by atoms with Crippen LogP contribution in [0.5, 0.6) is 0 Å². The van der Waals surface area contributed by atoms with E-state index in [1.165, 1.54) is 11.1 Å². The second-order valence-corrected chi connectivity index (χ2v) is 7.37. The van der Waals surface area contributed by atoms with Gasteiger partial charge in [-0.25, -0.2) is 4.98 Å². The van der Waals surface area contributed by atoms with Crippen molar-refractivity contribution in [3.63, 3.8) is 0 Å². The van der Waals surface area contributed by atoms with Crippen LogP contribution in [-0.2, 0) is 19.6 Å². The molecule has 3 rings (SSSR count). The molecule has 0 atom stereocenters. The van der Waals surface area contributed by atoms with Crippen molar-refractivity contribution in [2.24, 2.45) is 4.99 Å². The van der Waals surface area contributed by atoms with Crippen LogP contribution in [0.3, 0.4) is 0 Å². The highest BCUT2D eigenvalue weighted by Crippen LogP contribution is 2.16. The average Bonchev–Trinajstić information content (AvgIpc) is 3.18. The summed E-state index contributed by atoms with van der Waals surface area (Å²) in [5, 5.41) is 3.47. The molecule has 2 aromatic carbocycles. The zero-order valence-electron chi connectivity index (χ0n) is 18.1. The summed E-state index contributed by atoms with van der Waals surface area (Å²) >= 11 is 0. The minimum Gasteiger partial charge on any atom is -0.352 e. The largest absolute Gasteiger partial charge is 0.352 e. The van der Waals surface area contributed by atoms with Gasteiger partial charge in [-0.2, -0.15) is 0 Å². The summed E-state index contributed by atoms with van der Waals surface area (Å²) in [6, 6.07) is 18.7. The molecule has 0 radical (unpaired) electrons. The number of aliphatic imine (C=N–C) groups is 1. The molecular weight excluding hydrogens is 487 g/mol. The van der Waals surface area contributed by atoms with E-state index < -0.39 is 0 Å². The monoisotopic (exact) mass is 518 g/mol. The van der Waals surface area contributed by atoms with Gasteiger partial charge in [0.05, 0.1) is 18.4 Å². The normalized spacial score (nSPS) is 11.3. The lowest BCUT2D eigenvalue weighted by atomic mass is 10.1. The van der Waals surface area contributed by atoms with Gasteiger partial charge in [0.2, 0.25) is 0 Å². The lowest BCUT2D eigenvalue weighted by Gasteiger charge is -2.22. The number of rotatable bonds is 7. The van der Waals surface area contributed by atoms with E-state index in [9.17, 15) is 0 Å². The van der Waals surface area contributed by atoms with Crippen molar-refractivity contribution >= 4 is 29.9 Å². The molecule has 30 heavy (non-hydrogen) atoms. The van der Waals surface area contributed by atoms with E-state index in [2.05, 4.69) is 80.6 Å². The van der Waals surface area contributed by atoms with Crippen LogP contribution in [0.2, 0.25) is 0 Å². The molecule has 0 fully saturated rings. The molecule has 0 unspecified atom stereocenters. The number of halogens is 1. The first kappa shape index (κ1) is 23.9. The summed E-state index contributed by atoms with van der Waals surface area (Å²) in [4.78, 5) is 16.6. The predicted molar refractivity (Wildman–Crippen MR) is 135 cm³/mol. The average molecular weight is 518 g/mol. The third-order valence-electron chi connectivity index (χ3n) is 4.72. The van der Waals surface area contributed by atoms with Crippen LogP contribution in [0.15, 0.2) is 65.8 Å². The maximum Gasteiger partial charge on any atom is 0.194 e. The maximum absolute atomic E-state index is 4.53. The molecule has 6 nitrogen and oxygen atoms in total. The number of nitrogens with one attached hydrogen (secondary N) is 2. The van der Waals surface area contributed by atoms with Gasteiger partial charge in [0.1, 0.15) is 5.82 Å². The first-order valence-electron chi connectivity index (χ1n) is 9.79. The molecule has 2 N–H and O–H groups in total. The Morgan fingerprint density at radius 2 is 1.63 bits per heavy atom. The van der Waals surface area contributed by atoms with E-state index in [0.29, 0.717) is 6.54 Å². The molecule has 1 aromatic heterocycles. The summed E-state index contributed by atoms with van der Waals surface area (Å²) < 4.78 is 0. The van der Waals surface area contributed by atoms with Gasteiger partial charge in [-0.1, -0.05) is 54.6 Å². The van der Waals surface area contributed by atoms with Gasteiger partial charge in [0.15, 0.2) is 5.96 Å². The summed E-state index contributed by atoms with van der Waals surface area (Å²) in [5.74, 6) is 1.74. The van der Waals surface area contributed by atoms with Crippen molar-refractivity contribution in [3.05, 3.63) is 77.7 Å². The van der Waals surface area contributed by atoms with Gasteiger partial charge in [0.25, 0.3) is 0 Å². The Morgan fingerprint density at radius 3 is 2.30 bits per heavy atom. The fraction of sp³-hybridized carbons (Fsp3) is 0.304. The summed E-state index contributed by atoms with van der Waals surface area (Å²) in [6.07, 6.45) is 1.88. The highest BCUT2D eigenvalue weighted by atomic mass is 127. The molecule has 0 aliphatic rings. The highest BCUT2D eigenvalue weighted by molar-refractivity contribution is 14.0. The third-order valence-corrected chi connectivity index (χ3v) is 4.72. The smallest absolute Gasteiger partial charge is 0.194 e. The van der Waals surface area contributed by atoms with Crippen molar-refractivity contribution in [1.29, 1.82) is 0 Å². The number of hydrogen-bond acceptors (Lipinski definition) is 3. The quantitative estimate of drug-likeness (QED) is 0.283. The van der Waals surface area contributed by atoms with Crippen molar-refractivity contribution in [2.45, 2.75) is 19.6 Å². The fourth-order valence-electron chi connectivity index (χ4n) is 3.29. The Balaban J connectivity index is 0.00000320. The first-order chi connectivity index (χ1) is 14.1. The SMILES string of the molecule is CN=C(NCc1ccccc1CN(C)C)N(C)Cc1ncc(-c2ccccc2)[nH]1.I. The Morgan fingerprint density at radius 1 is 0.967 bits per heavy atom. The molecule has 0 aliphatic carbocycles. The van der Waals surface area contributed by atoms with Crippen LogP contribution in [-0.4, -0.2) is 53.9 Å². The fourth-order valence-corrected chi connectivity index (χ4v) is 3.29. The van der Waals surface area contributed by atoms with Crippen molar-refractivity contribution < 1.29 is 0 Å². The Labute approximate surface area is 196 Å². The molecule has 3 aromatic rings. The van der Waals surface area contributed by atoms with Gasteiger partial charge in [-0.05, 0) is 30.8 Å². The number of guanidine groups is 1. The number of hydrogen-bond donors (Lipinski definition) is 2. The first-order valence-corrected chi connectivity index (χ1v) is 9.79. The van der Waals surface area contributed by atoms with Crippen molar-refractivity contribution in [3.8, 4) is 11.3 Å². The molecule has 1 heterocycles. The zero-order chi connectivity index (χ0) is 20.6. The molecule has 0 bridgehead atoms. The van der Waals surface area contributed by atoms with E-state index in [0.717, 1.165) is 36.1 Å². The molecule has 7 heteroatoms. The van der Waals surface area contributed by atoms with E-state index >= 15 is 0 Å². The van der Waals surface area contributed by atoms with Crippen LogP contribution < -0.4 is 5.32 Å². The lowest BCUT2D eigenvalue weighted by Crippen LogP contribution is -2.38. The predicted octanol–water partition coefficient (Wildman–Crippen LogP) is 3.96. The molecule has 0 saturated heterocycles. The van der Waals surface area contributed by atoms with Gasteiger partial charge in [0, 0.05) is 27.2 Å². The minimum atomic E-state index is 0.